The lowest BCUT2D eigenvalue weighted by molar-refractivity contribution is -0.552. The maximum atomic E-state index is 13.3. The second kappa shape index (κ2) is 5.97. The van der Waals surface area contributed by atoms with Gasteiger partial charge in [0, 0.05) is 6.92 Å². The summed E-state index contributed by atoms with van der Waals surface area (Å²) in [6.07, 6.45) is -29.4. The molecular weight excluding hydrogens is 410 g/mol. The van der Waals surface area contributed by atoms with Gasteiger partial charge in [-0.1, -0.05) is 0 Å². The van der Waals surface area contributed by atoms with Gasteiger partial charge in [0.05, 0.1) is 0 Å². The predicted molar refractivity (Wildman–Crippen MR) is 44.7 cm³/mol. The van der Waals surface area contributed by atoms with Crippen LogP contribution in [0, 0.1) is 0 Å². The molecule has 0 aromatic rings. The lowest BCUT2D eigenvalue weighted by atomic mass is 10.2. The van der Waals surface area contributed by atoms with E-state index in [1.54, 1.807) is 0 Å². The highest BCUT2D eigenvalue weighted by atomic mass is 19.4. The third-order valence-electron chi connectivity index (χ3n) is 2.04. The number of hydrogen-bond acceptors (Lipinski definition) is 3. The Hall–Kier alpha value is -1.10. The third kappa shape index (κ3) is 4.55. The molecule has 0 rings (SSSR count). The largest absolute Gasteiger partial charge is 0.462 e. The molecule has 2 unspecified atom stereocenters. The van der Waals surface area contributed by atoms with Gasteiger partial charge in [-0.05, 0) is 0 Å². The van der Waals surface area contributed by atoms with Crippen LogP contribution in [0.1, 0.15) is 6.92 Å². The first-order valence-corrected chi connectivity index (χ1v) is 5.19. The molecule has 152 valence electrons. The molecule has 0 radical (unpaired) electrons. The van der Waals surface area contributed by atoms with E-state index in [1.807, 2.05) is 0 Å². The molecule has 0 saturated heterocycles. The zero-order valence-electron chi connectivity index (χ0n) is 11.1. The van der Waals surface area contributed by atoms with E-state index in [0.29, 0.717) is 0 Å². The van der Waals surface area contributed by atoms with E-state index < -0.39 is 49.3 Å². The van der Waals surface area contributed by atoms with Crippen molar-refractivity contribution in [2.45, 2.75) is 49.3 Å². The van der Waals surface area contributed by atoms with Crippen LogP contribution >= 0.6 is 0 Å². The summed E-state index contributed by atoms with van der Waals surface area (Å²) in [6.45, 7) is -0.528. The maximum Gasteiger partial charge on any atom is 0.462 e. The number of halogens is 14. The zero-order chi connectivity index (χ0) is 20.9. The minimum absolute atomic E-state index is 0.528. The minimum atomic E-state index is -7.59. The summed E-state index contributed by atoms with van der Waals surface area (Å²) in [5.41, 5.74) is 0. The molecule has 0 bridgehead atoms. The van der Waals surface area contributed by atoms with Crippen LogP contribution in [0.4, 0.5) is 61.5 Å². The van der Waals surface area contributed by atoms with Crippen LogP contribution in [0.2, 0.25) is 0 Å². The van der Waals surface area contributed by atoms with Gasteiger partial charge >= 0.3 is 42.4 Å². The minimum Gasteiger partial charge on any atom is -0.340 e. The number of hydrogen-bond donors (Lipinski definition) is 1. The van der Waals surface area contributed by atoms with Crippen LogP contribution in [-0.2, 0) is 9.47 Å². The van der Waals surface area contributed by atoms with Gasteiger partial charge in [0.15, 0.2) is 0 Å². The van der Waals surface area contributed by atoms with Crippen molar-refractivity contribution in [3.8, 4) is 0 Å². The summed E-state index contributed by atoms with van der Waals surface area (Å²) in [5.74, 6) is -15.0. The van der Waals surface area contributed by atoms with E-state index in [2.05, 4.69) is 4.74 Å². The molecule has 0 fully saturated rings. The molecule has 0 aliphatic heterocycles. The summed E-state index contributed by atoms with van der Waals surface area (Å²) in [5, 5.41) is 8.10. The van der Waals surface area contributed by atoms with Crippen LogP contribution in [0.5, 0.6) is 0 Å². The molecule has 0 aromatic carbocycles. The van der Waals surface area contributed by atoms with E-state index in [0.717, 1.165) is 0 Å². The Bertz CT molecular complexity index is 474. The smallest absolute Gasteiger partial charge is 0.340 e. The fourth-order valence-corrected chi connectivity index (χ4v) is 0.988. The normalized spacial score (nSPS) is 20.2. The van der Waals surface area contributed by atoms with Crippen molar-refractivity contribution < 1.29 is 76.0 Å². The quantitative estimate of drug-likeness (QED) is 0.522. The number of aliphatic hydroxyl groups is 1. The molecule has 17 heteroatoms. The van der Waals surface area contributed by atoms with Gasteiger partial charge in [0.1, 0.15) is 0 Å². The first-order chi connectivity index (χ1) is 10.4. The standard InChI is InChI=1S/C8H4F14O3/c1-2(9,23)24-8(21,22)4(12,6(16,17)18)25-7(19,20)3(10,11)5(13,14)15/h23H,1H3. The number of ether oxygens (including phenoxy) is 2. The van der Waals surface area contributed by atoms with Crippen molar-refractivity contribution in [2.24, 2.45) is 0 Å². The molecule has 0 heterocycles. The Morgan fingerprint density at radius 2 is 0.920 bits per heavy atom. The van der Waals surface area contributed by atoms with E-state index in [1.165, 1.54) is 4.74 Å². The fourth-order valence-electron chi connectivity index (χ4n) is 0.988. The van der Waals surface area contributed by atoms with E-state index in [4.69, 9.17) is 5.11 Å². The monoisotopic (exact) mass is 414 g/mol. The average Bonchev–Trinajstić information content (AvgIpc) is 2.20. The number of rotatable bonds is 6. The molecule has 0 aliphatic carbocycles. The molecule has 1 N–H and O–H groups in total. The maximum absolute atomic E-state index is 13.3. The van der Waals surface area contributed by atoms with Gasteiger partial charge in [0.25, 0.3) is 0 Å². The van der Waals surface area contributed by atoms with Crippen LogP contribution < -0.4 is 0 Å². The highest BCUT2D eigenvalue weighted by Gasteiger charge is 2.84. The molecule has 2 atom stereocenters. The fraction of sp³-hybridized carbons (Fsp3) is 1.00. The molecule has 3 nitrogen and oxygen atoms in total. The molecule has 25 heavy (non-hydrogen) atoms. The molecular formula is C8H4F14O3. The third-order valence-corrected chi connectivity index (χ3v) is 2.04. The van der Waals surface area contributed by atoms with Crippen molar-refractivity contribution >= 4 is 0 Å². The van der Waals surface area contributed by atoms with Crippen molar-refractivity contribution in [1.29, 1.82) is 0 Å². The van der Waals surface area contributed by atoms with Gasteiger partial charge in [0.2, 0.25) is 0 Å². The van der Waals surface area contributed by atoms with Gasteiger partial charge in [-0.2, -0.15) is 61.5 Å². The summed E-state index contributed by atoms with van der Waals surface area (Å²) in [6, 6.07) is -4.88. The molecule has 0 aromatic heterocycles. The van der Waals surface area contributed by atoms with Crippen LogP contribution in [0.3, 0.4) is 0 Å². The van der Waals surface area contributed by atoms with Crippen molar-refractivity contribution in [2.75, 3.05) is 0 Å². The van der Waals surface area contributed by atoms with E-state index in [-0.39, 0.29) is 0 Å². The van der Waals surface area contributed by atoms with Gasteiger partial charge in [-0.15, -0.1) is 0 Å². The van der Waals surface area contributed by atoms with Gasteiger partial charge in [-0.3, -0.25) is 9.47 Å². The Morgan fingerprint density at radius 3 is 1.16 bits per heavy atom. The first kappa shape index (κ1) is 23.9. The summed E-state index contributed by atoms with van der Waals surface area (Å²) >= 11 is 0. The molecule has 0 spiro atoms. The Labute approximate surface area is 127 Å². The topological polar surface area (TPSA) is 38.7 Å². The first-order valence-electron chi connectivity index (χ1n) is 5.19. The number of alkyl halides is 14. The van der Waals surface area contributed by atoms with Crippen LogP contribution in [-0.4, -0.2) is 47.5 Å². The summed E-state index contributed by atoms with van der Waals surface area (Å²) < 4.78 is 178. The lowest BCUT2D eigenvalue weighted by Crippen LogP contribution is -2.66. The van der Waals surface area contributed by atoms with Crippen LogP contribution in [0.25, 0.3) is 0 Å². The SMILES string of the molecule is CC(O)(F)OC(F)(F)C(F)(OC(F)(F)C(F)(F)C(F)(F)F)C(F)(F)F. The zero-order valence-corrected chi connectivity index (χ0v) is 11.1. The van der Waals surface area contributed by atoms with Gasteiger partial charge in [-0.25, -0.2) is 0 Å². The predicted octanol–water partition coefficient (Wildman–Crippen LogP) is 4.27. The van der Waals surface area contributed by atoms with E-state index in [9.17, 15) is 61.5 Å². The summed E-state index contributed by atoms with van der Waals surface area (Å²) in [4.78, 5) is 0. The van der Waals surface area contributed by atoms with Crippen LogP contribution in [0.15, 0.2) is 0 Å². The second-order valence-corrected chi connectivity index (χ2v) is 4.27. The van der Waals surface area contributed by atoms with Crippen molar-refractivity contribution in [3.63, 3.8) is 0 Å². The average molecular weight is 414 g/mol. The summed E-state index contributed by atoms with van der Waals surface area (Å²) in [7, 11) is 0. The molecule has 0 amide bonds. The highest BCUT2D eigenvalue weighted by Crippen LogP contribution is 2.55. The highest BCUT2D eigenvalue weighted by molar-refractivity contribution is 4.93. The second-order valence-electron chi connectivity index (χ2n) is 4.27. The Kier molecular flexibility index (Phi) is 5.71. The lowest BCUT2D eigenvalue weighted by Gasteiger charge is -2.38. The van der Waals surface area contributed by atoms with E-state index >= 15 is 0 Å². The van der Waals surface area contributed by atoms with Gasteiger partial charge < -0.3 is 5.11 Å². The molecule has 0 saturated carbocycles. The Morgan fingerprint density at radius 1 is 0.560 bits per heavy atom. The van der Waals surface area contributed by atoms with Crippen molar-refractivity contribution in [1.82, 2.24) is 0 Å². The Balaban J connectivity index is 6.20. The van der Waals surface area contributed by atoms with Crippen molar-refractivity contribution in [3.05, 3.63) is 0 Å². The molecule has 0 aliphatic rings.